The maximum Gasteiger partial charge on any atom is 0.191 e. The molecule has 0 aliphatic rings. The molecule has 0 saturated heterocycles. The lowest BCUT2D eigenvalue weighted by Gasteiger charge is -2.09. The van der Waals surface area contributed by atoms with Crippen LogP contribution in [0, 0.1) is 0 Å². The van der Waals surface area contributed by atoms with Gasteiger partial charge in [0.2, 0.25) is 0 Å². The second-order valence-corrected chi connectivity index (χ2v) is 3.81. The number of hydrogen-bond acceptors (Lipinski definition) is 2. The molecule has 0 aliphatic heterocycles. The number of hydrogen-bond donors (Lipinski definition) is 2. The largest absolute Gasteiger partial charge is 0.494 e. The van der Waals surface area contributed by atoms with Crippen LogP contribution in [0.2, 0.25) is 0 Å². The summed E-state index contributed by atoms with van der Waals surface area (Å²) in [5, 5.41) is 6.38. The Balaban J connectivity index is 2.18. The summed E-state index contributed by atoms with van der Waals surface area (Å²) in [6.45, 7) is 7.34. The third-order valence-electron chi connectivity index (χ3n) is 2.27. The molecule has 0 saturated carbocycles. The van der Waals surface area contributed by atoms with Gasteiger partial charge >= 0.3 is 0 Å². The van der Waals surface area contributed by atoms with Gasteiger partial charge in [0, 0.05) is 26.1 Å². The first kappa shape index (κ1) is 14.4. The van der Waals surface area contributed by atoms with E-state index in [1.54, 1.807) is 0 Å². The van der Waals surface area contributed by atoms with Crippen LogP contribution < -0.4 is 15.4 Å². The summed E-state index contributed by atoms with van der Waals surface area (Å²) in [6, 6.07) is 9.86. The third-order valence-corrected chi connectivity index (χ3v) is 2.27. The van der Waals surface area contributed by atoms with E-state index in [1.807, 2.05) is 30.3 Å². The summed E-state index contributed by atoms with van der Waals surface area (Å²) in [6.07, 6.45) is 0.912. The van der Waals surface area contributed by atoms with Gasteiger partial charge in [0.15, 0.2) is 5.96 Å². The number of ether oxygens (including phenoxy) is 1. The molecule has 0 radical (unpaired) electrons. The first-order valence-electron chi connectivity index (χ1n) is 6.56. The van der Waals surface area contributed by atoms with E-state index in [1.165, 1.54) is 0 Å². The molecule has 4 nitrogen and oxygen atoms in total. The van der Waals surface area contributed by atoms with Crippen molar-refractivity contribution in [2.45, 2.75) is 20.3 Å². The molecule has 2 N–H and O–H groups in total. The molecule has 1 aromatic carbocycles. The lowest BCUT2D eigenvalue weighted by molar-refractivity contribution is 0.313. The lowest BCUT2D eigenvalue weighted by atomic mass is 10.3. The van der Waals surface area contributed by atoms with Crippen molar-refractivity contribution in [2.75, 3.05) is 26.2 Å². The van der Waals surface area contributed by atoms with Crippen LogP contribution in [0.25, 0.3) is 0 Å². The minimum Gasteiger partial charge on any atom is -0.494 e. The maximum atomic E-state index is 5.60. The number of benzene rings is 1. The molecule has 1 aromatic rings. The van der Waals surface area contributed by atoms with Crippen LogP contribution in [0.4, 0.5) is 0 Å². The van der Waals surface area contributed by atoms with Gasteiger partial charge < -0.3 is 15.4 Å². The molecule has 0 bridgehead atoms. The number of aliphatic imine (C=N–C) groups is 1. The van der Waals surface area contributed by atoms with Gasteiger partial charge in [-0.05, 0) is 26.0 Å². The topological polar surface area (TPSA) is 45.7 Å². The molecule has 0 aliphatic carbocycles. The van der Waals surface area contributed by atoms with Gasteiger partial charge in [-0.25, -0.2) is 0 Å². The Hall–Kier alpha value is -1.71. The Morgan fingerprint density at radius 3 is 2.39 bits per heavy atom. The number of nitrogens with one attached hydrogen (secondary N) is 2. The van der Waals surface area contributed by atoms with E-state index in [-0.39, 0.29) is 0 Å². The summed E-state index contributed by atoms with van der Waals surface area (Å²) in [5.74, 6) is 1.79. The first-order valence-corrected chi connectivity index (χ1v) is 6.56. The molecule has 100 valence electrons. The van der Waals surface area contributed by atoms with Crippen LogP contribution in [0.5, 0.6) is 5.75 Å². The molecule has 0 fully saturated rings. The molecule has 1 rings (SSSR count). The molecule has 0 aromatic heterocycles. The van der Waals surface area contributed by atoms with Crippen LogP contribution in [-0.4, -0.2) is 32.2 Å². The van der Waals surface area contributed by atoms with E-state index in [0.29, 0.717) is 6.61 Å². The monoisotopic (exact) mass is 249 g/mol. The van der Waals surface area contributed by atoms with Gasteiger partial charge in [-0.15, -0.1) is 0 Å². The molecule has 4 heteroatoms. The molecular weight excluding hydrogens is 226 g/mol. The summed E-state index contributed by atoms with van der Waals surface area (Å²) in [5.41, 5.74) is 0. The van der Waals surface area contributed by atoms with Crippen molar-refractivity contribution in [3.8, 4) is 5.75 Å². The highest BCUT2D eigenvalue weighted by Crippen LogP contribution is 2.08. The van der Waals surface area contributed by atoms with Crippen molar-refractivity contribution in [3.05, 3.63) is 30.3 Å². The van der Waals surface area contributed by atoms with Crippen LogP contribution in [0.3, 0.4) is 0 Å². The van der Waals surface area contributed by atoms with Gasteiger partial charge in [-0.1, -0.05) is 18.2 Å². The molecule has 0 amide bonds. The van der Waals surface area contributed by atoms with Crippen molar-refractivity contribution in [2.24, 2.45) is 4.99 Å². The highest BCUT2D eigenvalue weighted by atomic mass is 16.5. The average molecular weight is 249 g/mol. The predicted molar refractivity (Wildman–Crippen MR) is 76.2 cm³/mol. The highest BCUT2D eigenvalue weighted by Gasteiger charge is 1.94. The molecule has 0 heterocycles. The normalized spacial score (nSPS) is 9.67. The second kappa shape index (κ2) is 9.33. The predicted octanol–water partition coefficient (Wildman–Crippen LogP) is 2.03. The van der Waals surface area contributed by atoms with Gasteiger partial charge in [0.1, 0.15) is 5.75 Å². The fourth-order valence-electron chi connectivity index (χ4n) is 1.47. The van der Waals surface area contributed by atoms with Crippen LogP contribution in [0.15, 0.2) is 35.3 Å². The van der Waals surface area contributed by atoms with Gasteiger partial charge in [0.25, 0.3) is 0 Å². The summed E-state index contributed by atoms with van der Waals surface area (Å²) in [7, 11) is 0. The number of guanidine groups is 1. The Kier molecular flexibility index (Phi) is 7.44. The van der Waals surface area contributed by atoms with E-state index in [0.717, 1.165) is 37.8 Å². The zero-order chi connectivity index (χ0) is 13.1. The van der Waals surface area contributed by atoms with E-state index in [9.17, 15) is 0 Å². The lowest BCUT2D eigenvalue weighted by Crippen LogP contribution is -2.37. The van der Waals surface area contributed by atoms with Gasteiger partial charge in [0.05, 0.1) is 6.61 Å². The summed E-state index contributed by atoms with van der Waals surface area (Å²) in [4.78, 5) is 4.45. The van der Waals surface area contributed by atoms with Crippen molar-refractivity contribution in [1.29, 1.82) is 0 Å². The molecule has 0 atom stereocenters. The van der Waals surface area contributed by atoms with Crippen molar-refractivity contribution >= 4 is 5.96 Å². The first-order chi connectivity index (χ1) is 8.86. The Labute approximate surface area is 109 Å². The summed E-state index contributed by atoms with van der Waals surface area (Å²) < 4.78 is 5.60. The van der Waals surface area contributed by atoms with E-state index >= 15 is 0 Å². The van der Waals surface area contributed by atoms with Gasteiger partial charge in [-0.3, -0.25) is 4.99 Å². The average Bonchev–Trinajstić information content (AvgIpc) is 2.40. The van der Waals surface area contributed by atoms with E-state index in [2.05, 4.69) is 29.5 Å². The summed E-state index contributed by atoms with van der Waals surface area (Å²) >= 11 is 0. The quantitative estimate of drug-likeness (QED) is 0.441. The standard InChI is InChI=1S/C14H23N3O/c1-3-15-14(16-4-2)17-11-8-12-18-13-9-6-5-7-10-13/h5-7,9-10H,3-4,8,11-12H2,1-2H3,(H2,15,16,17). The Morgan fingerprint density at radius 2 is 1.78 bits per heavy atom. The Morgan fingerprint density at radius 1 is 1.11 bits per heavy atom. The SMILES string of the molecule is CCNC(=NCCCOc1ccccc1)NCC. The van der Waals surface area contributed by atoms with E-state index in [4.69, 9.17) is 4.74 Å². The maximum absolute atomic E-state index is 5.60. The fraction of sp³-hybridized carbons (Fsp3) is 0.500. The van der Waals surface area contributed by atoms with Gasteiger partial charge in [-0.2, -0.15) is 0 Å². The number of rotatable bonds is 7. The van der Waals surface area contributed by atoms with Crippen LogP contribution in [0.1, 0.15) is 20.3 Å². The van der Waals surface area contributed by atoms with E-state index < -0.39 is 0 Å². The molecule has 0 spiro atoms. The minimum atomic E-state index is 0.693. The van der Waals surface area contributed by atoms with Crippen molar-refractivity contribution in [3.63, 3.8) is 0 Å². The van der Waals surface area contributed by atoms with Crippen molar-refractivity contribution in [1.82, 2.24) is 10.6 Å². The van der Waals surface area contributed by atoms with Crippen molar-refractivity contribution < 1.29 is 4.74 Å². The highest BCUT2D eigenvalue weighted by molar-refractivity contribution is 5.79. The number of nitrogens with zero attached hydrogens (tertiary/aromatic N) is 1. The molecular formula is C14H23N3O. The fourth-order valence-corrected chi connectivity index (χ4v) is 1.47. The minimum absolute atomic E-state index is 0.693. The Bertz CT molecular complexity index is 330. The third kappa shape index (κ3) is 6.13. The molecule has 0 unspecified atom stereocenters. The zero-order valence-electron chi connectivity index (χ0n) is 11.3. The molecule has 18 heavy (non-hydrogen) atoms. The van der Waals surface area contributed by atoms with Crippen LogP contribution in [-0.2, 0) is 0 Å². The smallest absolute Gasteiger partial charge is 0.191 e. The van der Waals surface area contributed by atoms with Crippen LogP contribution >= 0.6 is 0 Å². The second-order valence-electron chi connectivity index (χ2n) is 3.81. The zero-order valence-corrected chi connectivity index (χ0v) is 11.3. The number of para-hydroxylation sites is 1.